The molecule has 2 heterocycles. The highest BCUT2D eigenvalue weighted by atomic mass is 79.9. The zero-order valence-electron chi connectivity index (χ0n) is 14.7. The Morgan fingerprint density at radius 3 is 2.77 bits per heavy atom. The number of nitrogens with one attached hydrogen (secondary N) is 1. The summed E-state index contributed by atoms with van der Waals surface area (Å²) in [6.45, 7) is 3.91. The molecule has 0 saturated heterocycles. The van der Waals surface area contributed by atoms with Crippen LogP contribution >= 0.6 is 15.9 Å². The molecular formula is C19H18BrN3O3. The fourth-order valence-corrected chi connectivity index (χ4v) is 3.44. The minimum atomic E-state index is -0.454. The van der Waals surface area contributed by atoms with Gasteiger partial charge in [0.15, 0.2) is 5.65 Å². The molecule has 0 unspecified atom stereocenters. The highest BCUT2D eigenvalue weighted by Crippen LogP contribution is 2.24. The van der Waals surface area contributed by atoms with E-state index >= 15 is 0 Å². The minimum absolute atomic E-state index is 0.283. The summed E-state index contributed by atoms with van der Waals surface area (Å²) in [5, 5.41) is 2.85. The van der Waals surface area contributed by atoms with E-state index in [9.17, 15) is 9.59 Å². The number of hydrogen-bond acceptors (Lipinski definition) is 4. The first-order valence-corrected chi connectivity index (χ1v) is 8.90. The van der Waals surface area contributed by atoms with Crippen molar-refractivity contribution in [3.63, 3.8) is 0 Å². The zero-order chi connectivity index (χ0) is 18.8. The van der Waals surface area contributed by atoms with E-state index < -0.39 is 5.97 Å². The van der Waals surface area contributed by atoms with Gasteiger partial charge in [0.2, 0.25) is 0 Å². The van der Waals surface area contributed by atoms with Crippen molar-refractivity contribution < 1.29 is 14.3 Å². The number of carbonyl (C=O) groups excluding carboxylic acids is 2. The third-order valence-electron chi connectivity index (χ3n) is 3.98. The molecule has 0 spiro atoms. The molecule has 1 aromatic carbocycles. The minimum Gasteiger partial charge on any atom is -0.465 e. The maximum absolute atomic E-state index is 12.9. The summed E-state index contributed by atoms with van der Waals surface area (Å²) in [5.74, 6) is -0.737. The van der Waals surface area contributed by atoms with Gasteiger partial charge in [0, 0.05) is 11.9 Å². The lowest BCUT2D eigenvalue weighted by atomic mass is 10.2. The van der Waals surface area contributed by atoms with E-state index in [1.54, 1.807) is 28.7 Å². The molecule has 3 aromatic rings. The van der Waals surface area contributed by atoms with Crippen molar-refractivity contribution in [2.24, 2.45) is 0 Å². The fourth-order valence-electron chi connectivity index (χ4n) is 2.80. The number of fused-ring (bicyclic) bond motifs is 1. The number of amides is 1. The number of ether oxygens (including phenoxy) is 1. The van der Waals surface area contributed by atoms with Crippen LogP contribution in [-0.2, 0) is 11.2 Å². The smallest absolute Gasteiger partial charge is 0.337 e. The van der Waals surface area contributed by atoms with E-state index in [2.05, 4.69) is 26.2 Å². The van der Waals surface area contributed by atoms with Crippen LogP contribution in [0.3, 0.4) is 0 Å². The largest absolute Gasteiger partial charge is 0.465 e. The van der Waals surface area contributed by atoms with Gasteiger partial charge >= 0.3 is 5.97 Å². The first-order valence-electron chi connectivity index (χ1n) is 8.11. The van der Waals surface area contributed by atoms with E-state index in [0.717, 1.165) is 10.0 Å². The number of aromatic nitrogens is 2. The summed E-state index contributed by atoms with van der Waals surface area (Å²) in [6, 6.07) is 8.59. The van der Waals surface area contributed by atoms with Gasteiger partial charge in [-0.25, -0.2) is 9.78 Å². The average molecular weight is 416 g/mol. The Morgan fingerprint density at radius 1 is 1.31 bits per heavy atom. The number of benzene rings is 1. The molecule has 0 bridgehead atoms. The van der Waals surface area contributed by atoms with Crippen LogP contribution < -0.4 is 5.32 Å². The molecule has 0 saturated carbocycles. The molecule has 2 aromatic heterocycles. The molecule has 0 fully saturated rings. The van der Waals surface area contributed by atoms with Gasteiger partial charge in [0.1, 0.15) is 5.69 Å². The predicted octanol–water partition coefficient (Wildman–Crippen LogP) is 4.01. The first kappa shape index (κ1) is 18.1. The lowest BCUT2D eigenvalue weighted by Gasteiger charge is -2.08. The van der Waals surface area contributed by atoms with Crippen molar-refractivity contribution in [3.05, 3.63) is 63.5 Å². The van der Waals surface area contributed by atoms with Gasteiger partial charge in [0.25, 0.3) is 5.91 Å². The van der Waals surface area contributed by atoms with Gasteiger partial charge in [-0.2, -0.15) is 0 Å². The van der Waals surface area contributed by atoms with Gasteiger partial charge in [-0.1, -0.05) is 13.0 Å². The summed E-state index contributed by atoms with van der Waals surface area (Å²) in [7, 11) is 1.32. The number of aryl methyl sites for hydroxylation is 2. The fraction of sp³-hybridized carbons (Fsp3) is 0.211. The van der Waals surface area contributed by atoms with Crippen LogP contribution in [0.4, 0.5) is 5.69 Å². The Labute approximate surface area is 159 Å². The molecule has 0 aliphatic rings. The van der Waals surface area contributed by atoms with Crippen LogP contribution in [0.1, 0.15) is 39.0 Å². The molecule has 134 valence electrons. The zero-order valence-corrected chi connectivity index (χ0v) is 16.3. The van der Waals surface area contributed by atoms with Gasteiger partial charge in [-0.3, -0.25) is 9.20 Å². The predicted molar refractivity (Wildman–Crippen MR) is 103 cm³/mol. The van der Waals surface area contributed by atoms with Gasteiger partial charge < -0.3 is 10.1 Å². The maximum Gasteiger partial charge on any atom is 0.337 e. The van der Waals surface area contributed by atoms with Gasteiger partial charge in [0.05, 0.1) is 22.8 Å². The summed E-state index contributed by atoms with van der Waals surface area (Å²) >= 11 is 3.51. The summed E-state index contributed by atoms with van der Waals surface area (Å²) in [4.78, 5) is 29.2. The molecule has 0 atom stereocenters. The molecule has 7 heteroatoms. The second-order valence-corrected chi connectivity index (χ2v) is 6.70. The van der Waals surface area contributed by atoms with E-state index in [0.29, 0.717) is 34.7 Å². The highest BCUT2D eigenvalue weighted by molar-refractivity contribution is 9.10. The van der Waals surface area contributed by atoms with Crippen molar-refractivity contribution >= 4 is 39.1 Å². The molecular weight excluding hydrogens is 398 g/mol. The molecule has 0 radical (unpaired) electrons. The SMILES string of the molecule is CCc1nc2c(Br)cc(C)cn2c1C(=O)Nc1cccc(C(=O)OC)c1. The van der Waals surface area contributed by atoms with E-state index in [1.807, 2.05) is 26.1 Å². The van der Waals surface area contributed by atoms with Crippen LogP contribution in [0, 0.1) is 6.92 Å². The van der Waals surface area contributed by atoms with Crippen LogP contribution in [0.15, 0.2) is 41.0 Å². The van der Waals surface area contributed by atoms with E-state index in [4.69, 9.17) is 4.74 Å². The van der Waals surface area contributed by atoms with Crippen molar-refractivity contribution in [2.75, 3.05) is 12.4 Å². The number of pyridine rings is 1. The Morgan fingerprint density at radius 2 is 2.08 bits per heavy atom. The molecule has 0 aliphatic carbocycles. The van der Waals surface area contributed by atoms with Crippen LogP contribution in [-0.4, -0.2) is 28.4 Å². The first-order chi connectivity index (χ1) is 12.4. The molecule has 1 amide bonds. The second kappa shape index (κ2) is 7.29. The van der Waals surface area contributed by atoms with E-state index in [1.165, 1.54) is 7.11 Å². The van der Waals surface area contributed by atoms with Gasteiger partial charge in [-0.05, 0) is 59.1 Å². The van der Waals surface area contributed by atoms with Crippen molar-refractivity contribution in [1.82, 2.24) is 9.38 Å². The average Bonchev–Trinajstić information content (AvgIpc) is 3.00. The molecule has 0 aliphatic heterocycles. The Bertz CT molecular complexity index is 1010. The van der Waals surface area contributed by atoms with Crippen LogP contribution in [0.25, 0.3) is 5.65 Å². The number of halogens is 1. The summed E-state index contributed by atoms with van der Waals surface area (Å²) in [6.07, 6.45) is 2.50. The number of esters is 1. The van der Waals surface area contributed by atoms with E-state index in [-0.39, 0.29) is 5.91 Å². The van der Waals surface area contributed by atoms with Crippen molar-refractivity contribution in [3.8, 4) is 0 Å². The number of imidazole rings is 1. The monoisotopic (exact) mass is 415 g/mol. The number of methoxy groups -OCH3 is 1. The van der Waals surface area contributed by atoms with Crippen molar-refractivity contribution in [2.45, 2.75) is 20.3 Å². The summed E-state index contributed by atoms with van der Waals surface area (Å²) < 4.78 is 7.34. The Hall–Kier alpha value is -2.67. The highest BCUT2D eigenvalue weighted by Gasteiger charge is 2.20. The maximum atomic E-state index is 12.9. The van der Waals surface area contributed by atoms with Gasteiger partial charge in [-0.15, -0.1) is 0 Å². The normalized spacial score (nSPS) is 10.8. The summed E-state index contributed by atoms with van der Waals surface area (Å²) in [5.41, 5.74) is 3.78. The molecule has 26 heavy (non-hydrogen) atoms. The molecule has 1 N–H and O–H groups in total. The number of rotatable bonds is 4. The number of hydrogen-bond donors (Lipinski definition) is 1. The molecule has 6 nitrogen and oxygen atoms in total. The lowest BCUT2D eigenvalue weighted by Crippen LogP contribution is -2.17. The third-order valence-corrected chi connectivity index (χ3v) is 4.56. The number of nitrogens with zero attached hydrogens (tertiary/aromatic N) is 2. The van der Waals surface area contributed by atoms with Crippen LogP contribution in [0.5, 0.6) is 0 Å². The standard InChI is InChI=1S/C19H18BrN3O3/c1-4-15-16(23-10-11(2)8-14(20)17(23)22-15)18(24)21-13-7-5-6-12(9-13)19(25)26-3/h5-10H,4H2,1-3H3,(H,21,24). The topological polar surface area (TPSA) is 72.7 Å². The second-order valence-electron chi connectivity index (χ2n) is 5.85. The van der Waals surface area contributed by atoms with Crippen molar-refractivity contribution in [1.29, 1.82) is 0 Å². The van der Waals surface area contributed by atoms with Crippen LogP contribution in [0.2, 0.25) is 0 Å². The lowest BCUT2D eigenvalue weighted by molar-refractivity contribution is 0.0600. The Kier molecular flexibility index (Phi) is 5.08. The third kappa shape index (κ3) is 3.35. The quantitative estimate of drug-likeness (QED) is 0.653. The number of carbonyl (C=O) groups is 2. The number of anilines is 1. The molecule has 3 rings (SSSR count). The Balaban J connectivity index is 2.02.